The molecule has 0 aromatic rings. The van der Waals surface area contributed by atoms with Gasteiger partial charge in [-0.25, -0.2) is 0 Å². The molecule has 0 aromatic heterocycles. The fraction of sp³-hybridized carbons (Fsp3) is 0.909. The summed E-state index contributed by atoms with van der Waals surface area (Å²) in [5.74, 6) is 0.455. The molecule has 1 N–H and O–H groups in total. The minimum Gasteiger partial charge on any atom is -0.481 e. The van der Waals surface area contributed by atoms with Gasteiger partial charge in [0.05, 0.1) is 6.42 Å². The molecule has 1 atom stereocenters. The number of carboxylic acids is 1. The van der Waals surface area contributed by atoms with Crippen LogP contribution in [0.4, 0.5) is 0 Å². The van der Waals surface area contributed by atoms with Crippen molar-refractivity contribution in [1.29, 1.82) is 0 Å². The van der Waals surface area contributed by atoms with Crippen molar-refractivity contribution in [2.45, 2.75) is 39.7 Å². The van der Waals surface area contributed by atoms with Gasteiger partial charge in [0.1, 0.15) is 0 Å². The van der Waals surface area contributed by atoms with Crippen LogP contribution in [0.1, 0.15) is 33.6 Å². The zero-order chi connectivity index (χ0) is 10.7. The zero-order valence-electron chi connectivity index (χ0n) is 9.36. The van der Waals surface area contributed by atoms with Crippen molar-refractivity contribution in [3.8, 4) is 0 Å². The average molecular weight is 199 g/mol. The summed E-state index contributed by atoms with van der Waals surface area (Å²) in [4.78, 5) is 12.8. The Labute approximate surface area is 86.1 Å². The summed E-state index contributed by atoms with van der Waals surface area (Å²) in [7, 11) is 0. The number of carbonyl (C=O) groups is 1. The van der Waals surface area contributed by atoms with E-state index in [-0.39, 0.29) is 0 Å². The molecule has 0 aromatic carbocycles. The molecule has 1 aliphatic rings. The minimum atomic E-state index is -0.661. The highest BCUT2D eigenvalue weighted by Crippen LogP contribution is 2.24. The third kappa shape index (κ3) is 3.29. The second-order valence-corrected chi connectivity index (χ2v) is 4.90. The summed E-state index contributed by atoms with van der Waals surface area (Å²) in [6, 6.07) is 0.611. The van der Waals surface area contributed by atoms with Gasteiger partial charge in [-0.2, -0.15) is 0 Å². The standard InChI is InChI=1S/C11H21NO2/c1-8(2)4-9(3)12-6-10(7-12)5-11(13)14/h8-10H,4-7H2,1-3H3,(H,13,14). The predicted octanol–water partition coefficient (Wildman–Crippen LogP) is 1.83. The van der Waals surface area contributed by atoms with E-state index in [1.165, 1.54) is 6.42 Å². The summed E-state index contributed by atoms with van der Waals surface area (Å²) in [6.07, 6.45) is 1.55. The summed E-state index contributed by atoms with van der Waals surface area (Å²) < 4.78 is 0. The molecule has 0 spiro atoms. The van der Waals surface area contributed by atoms with Crippen LogP contribution in [0.5, 0.6) is 0 Å². The third-order valence-corrected chi connectivity index (χ3v) is 2.88. The van der Waals surface area contributed by atoms with Crippen molar-refractivity contribution in [2.24, 2.45) is 11.8 Å². The first kappa shape index (κ1) is 11.5. The number of hydrogen-bond donors (Lipinski definition) is 1. The smallest absolute Gasteiger partial charge is 0.303 e. The van der Waals surface area contributed by atoms with Crippen molar-refractivity contribution in [2.75, 3.05) is 13.1 Å². The Morgan fingerprint density at radius 3 is 2.43 bits per heavy atom. The van der Waals surface area contributed by atoms with Gasteiger partial charge < -0.3 is 5.11 Å². The molecule has 0 saturated carbocycles. The molecule has 1 heterocycles. The maximum atomic E-state index is 10.4. The largest absolute Gasteiger partial charge is 0.481 e. The Hall–Kier alpha value is -0.570. The van der Waals surface area contributed by atoms with E-state index in [4.69, 9.17) is 5.11 Å². The van der Waals surface area contributed by atoms with E-state index >= 15 is 0 Å². The van der Waals surface area contributed by atoms with E-state index in [0.717, 1.165) is 19.0 Å². The molecular formula is C11H21NO2. The Balaban J connectivity index is 2.17. The molecule has 0 bridgehead atoms. The molecular weight excluding hydrogens is 178 g/mol. The van der Waals surface area contributed by atoms with E-state index in [0.29, 0.717) is 18.4 Å². The molecule has 1 saturated heterocycles. The van der Waals surface area contributed by atoms with Crippen molar-refractivity contribution in [3.63, 3.8) is 0 Å². The van der Waals surface area contributed by atoms with E-state index < -0.39 is 5.97 Å². The average Bonchev–Trinajstić information content (AvgIpc) is 1.93. The molecule has 1 fully saturated rings. The first-order chi connectivity index (χ1) is 6.49. The van der Waals surface area contributed by atoms with Gasteiger partial charge in [0.15, 0.2) is 0 Å². The lowest BCUT2D eigenvalue weighted by atomic mass is 9.92. The van der Waals surface area contributed by atoms with E-state index in [9.17, 15) is 4.79 Å². The monoisotopic (exact) mass is 199 g/mol. The van der Waals surface area contributed by atoms with Gasteiger partial charge in [-0.15, -0.1) is 0 Å². The van der Waals surface area contributed by atoms with Gasteiger partial charge >= 0.3 is 5.97 Å². The normalized spacial score (nSPS) is 20.9. The van der Waals surface area contributed by atoms with Gasteiger partial charge in [-0.05, 0) is 25.2 Å². The maximum Gasteiger partial charge on any atom is 0.303 e. The van der Waals surface area contributed by atoms with Crippen LogP contribution in [0.3, 0.4) is 0 Å². The molecule has 1 unspecified atom stereocenters. The van der Waals surface area contributed by atoms with Crippen molar-refractivity contribution < 1.29 is 9.90 Å². The lowest BCUT2D eigenvalue weighted by molar-refractivity contribution is -0.139. The number of carboxylic acid groups (broad SMARTS) is 1. The Morgan fingerprint density at radius 2 is 2.00 bits per heavy atom. The quantitative estimate of drug-likeness (QED) is 0.734. The van der Waals surface area contributed by atoms with E-state index in [1.807, 2.05) is 0 Å². The number of hydrogen-bond acceptors (Lipinski definition) is 2. The van der Waals surface area contributed by atoms with Gasteiger partial charge in [0.2, 0.25) is 0 Å². The molecule has 82 valence electrons. The predicted molar refractivity (Wildman–Crippen MR) is 56.2 cm³/mol. The van der Waals surface area contributed by atoms with Gasteiger partial charge in [0.25, 0.3) is 0 Å². The number of aliphatic carboxylic acids is 1. The van der Waals surface area contributed by atoms with Crippen LogP contribution in [0, 0.1) is 11.8 Å². The van der Waals surface area contributed by atoms with Crippen LogP contribution in [-0.4, -0.2) is 35.1 Å². The first-order valence-corrected chi connectivity index (χ1v) is 5.45. The highest BCUT2D eigenvalue weighted by atomic mass is 16.4. The molecule has 0 aliphatic carbocycles. The number of nitrogens with zero attached hydrogens (tertiary/aromatic N) is 1. The Bertz CT molecular complexity index is 197. The van der Waals surface area contributed by atoms with Crippen LogP contribution in [0.25, 0.3) is 0 Å². The topological polar surface area (TPSA) is 40.5 Å². The van der Waals surface area contributed by atoms with Crippen LogP contribution in [0.2, 0.25) is 0 Å². The van der Waals surface area contributed by atoms with Gasteiger partial charge in [-0.1, -0.05) is 13.8 Å². The SMILES string of the molecule is CC(C)CC(C)N1CC(CC(=O)O)C1. The fourth-order valence-corrected chi connectivity index (χ4v) is 2.18. The molecule has 3 nitrogen and oxygen atoms in total. The van der Waals surface area contributed by atoms with Gasteiger partial charge in [-0.3, -0.25) is 9.69 Å². The second kappa shape index (κ2) is 4.78. The molecule has 1 aliphatic heterocycles. The number of rotatable bonds is 5. The molecule has 3 heteroatoms. The molecule has 0 amide bonds. The summed E-state index contributed by atoms with van der Waals surface area (Å²) in [6.45, 7) is 8.63. The van der Waals surface area contributed by atoms with Crippen LogP contribution in [-0.2, 0) is 4.79 Å². The van der Waals surface area contributed by atoms with Gasteiger partial charge in [0, 0.05) is 19.1 Å². The van der Waals surface area contributed by atoms with E-state index in [1.54, 1.807) is 0 Å². The van der Waals surface area contributed by atoms with Crippen molar-refractivity contribution in [3.05, 3.63) is 0 Å². The summed E-state index contributed by atoms with van der Waals surface area (Å²) >= 11 is 0. The zero-order valence-corrected chi connectivity index (χ0v) is 9.36. The summed E-state index contributed by atoms with van der Waals surface area (Å²) in [5.41, 5.74) is 0. The fourth-order valence-electron chi connectivity index (χ4n) is 2.18. The Kier molecular flexibility index (Phi) is 3.93. The second-order valence-electron chi connectivity index (χ2n) is 4.90. The lowest BCUT2D eigenvalue weighted by Gasteiger charge is -2.43. The van der Waals surface area contributed by atoms with Crippen LogP contribution < -0.4 is 0 Å². The van der Waals surface area contributed by atoms with Crippen molar-refractivity contribution in [1.82, 2.24) is 4.90 Å². The molecule has 1 rings (SSSR count). The Morgan fingerprint density at radius 1 is 1.43 bits per heavy atom. The highest BCUT2D eigenvalue weighted by Gasteiger charge is 2.31. The highest BCUT2D eigenvalue weighted by molar-refractivity contribution is 5.67. The van der Waals surface area contributed by atoms with Crippen LogP contribution >= 0.6 is 0 Å². The first-order valence-electron chi connectivity index (χ1n) is 5.45. The van der Waals surface area contributed by atoms with Crippen molar-refractivity contribution >= 4 is 5.97 Å². The summed E-state index contributed by atoms with van der Waals surface area (Å²) in [5, 5.41) is 8.60. The third-order valence-electron chi connectivity index (χ3n) is 2.88. The van der Waals surface area contributed by atoms with E-state index in [2.05, 4.69) is 25.7 Å². The van der Waals surface area contributed by atoms with Crippen LogP contribution in [0.15, 0.2) is 0 Å². The minimum absolute atomic E-state index is 0.338. The number of likely N-dealkylation sites (tertiary alicyclic amines) is 1. The maximum absolute atomic E-state index is 10.4. The lowest BCUT2D eigenvalue weighted by Crippen LogP contribution is -2.51. The molecule has 0 radical (unpaired) electrons. The molecule has 14 heavy (non-hydrogen) atoms.